The maximum atomic E-state index is 12.3. The Morgan fingerprint density at radius 2 is 1.40 bits per heavy atom. The van der Waals surface area contributed by atoms with Gasteiger partial charge in [0.25, 0.3) is 5.91 Å². The van der Waals surface area contributed by atoms with Crippen molar-refractivity contribution >= 4 is 5.91 Å². The predicted molar refractivity (Wildman–Crippen MR) is 86.3 cm³/mol. The Morgan fingerprint density at radius 1 is 0.850 bits per heavy atom. The zero-order valence-corrected chi connectivity index (χ0v) is 11.5. The van der Waals surface area contributed by atoms with Gasteiger partial charge in [-0.25, -0.2) is 10.9 Å². The van der Waals surface area contributed by atoms with Crippen LogP contribution in [0.15, 0.2) is 98.3 Å². The number of amides is 1. The Hall–Kier alpha value is -2.65. The van der Waals surface area contributed by atoms with E-state index < -0.39 is 0 Å². The maximum absolute atomic E-state index is 12.3. The highest BCUT2D eigenvalue weighted by molar-refractivity contribution is 5.97. The molecule has 20 heavy (non-hydrogen) atoms. The number of allylic oxidation sites excluding steroid dienone is 9. The standard InChI is InChI=1S/C17H20N2O/c1-5-9-13-15(11-7-3)17(20)19(18)16(12-8-4)14-10-6-2/h5-14H,1-4,18H2/b13-9-,14-10-,15-11+,16-12+. The first-order valence-electron chi connectivity index (χ1n) is 5.95. The minimum atomic E-state index is -0.371. The first-order valence-corrected chi connectivity index (χ1v) is 5.95. The van der Waals surface area contributed by atoms with Crippen LogP contribution in [0.2, 0.25) is 0 Å². The van der Waals surface area contributed by atoms with E-state index in [1.165, 1.54) is 6.08 Å². The van der Waals surface area contributed by atoms with Crippen molar-refractivity contribution in [1.29, 1.82) is 0 Å². The summed E-state index contributed by atoms with van der Waals surface area (Å²) < 4.78 is 0. The van der Waals surface area contributed by atoms with E-state index in [0.29, 0.717) is 11.3 Å². The van der Waals surface area contributed by atoms with E-state index in [0.717, 1.165) is 5.01 Å². The van der Waals surface area contributed by atoms with Gasteiger partial charge in [0, 0.05) is 5.57 Å². The second-order valence-corrected chi connectivity index (χ2v) is 3.55. The molecule has 0 fully saturated rings. The molecule has 0 aromatic carbocycles. The van der Waals surface area contributed by atoms with Crippen molar-refractivity contribution in [2.75, 3.05) is 0 Å². The minimum Gasteiger partial charge on any atom is -0.267 e. The lowest BCUT2D eigenvalue weighted by atomic mass is 10.2. The molecule has 0 saturated heterocycles. The highest BCUT2D eigenvalue weighted by atomic mass is 16.2. The lowest BCUT2D eigenvalue weighted by Crippen LogP contribution is -2.36. The van der Waals surface area contributed by atoms with E-state index in [1.54, 1.807) is 54.7 Å². The number of nitrogens with two attached hydrogens (primary N) is 1. The molecule has 0 rings (SSSR count). The SMILES string of the molecule is C=C/C=C\C(=C/C=C)C(=O)N(N)C(/C=C\C=C)=C/C=C. The van der Waals surface area contributed by atoms with E-state index in [2.05, 4.69) is 26.3 Å². The van der Waals surface area contributed by atoms with Crippen LogP contribution in [-0.2, 0) is 4.79 Å². The molecule has 0 aliphatic heterocycles. The van der Waals surface area contributed by atoms with Crippen molar-refractivity contribution < 1.29 is 4.79 Å². The zero-order valence-electron chi connectivity index (χ0n) is 11.5. The molecular formula is C17H20N2O. The minimum absolute atomic E-state index is 0.371. The van der Waals surface area contributed by atoms with Gasteiger partial charge in [-0.15, -0.1) is 0 Å². The van der Waals surface area contributed by atoms with Crippen molar-refractivity contribution in [1.82, 2.24) is 5.01 Å². The lowest BCUT2D eigenvalue weighted by molar-refractivity contribution is -0.125. The molecular weight excluding hydrogens is 248 g/mol. The first-order chi connectivity index (χ1) is 9.62. The van der Waals surface area contributed by atoms with Crippen molar-refractivity contribution in [3.8, 4) is 0 Å². The van der Waals surface area contributed by atoms with Crippen LogP contribution in [0.1, 0.15) is 0 Å². The van der Waals surface area contributed by atoms with Gasteiger partial charge in [0.1, 0.15) is 0 Å². The Kier molecular flexibility index (Phi) is 8.93. The summed E-state index contributed by atoms with van der Waals surface area (Å²) in [6.45, 7) is 14.3. The topological polar surface area (TPSA) is 46.3 Å². The van der Waals surface area contributed by atoms with Gasteiger partial charge in [-0.1, -0.05) is 62.8 Å². The van der Waals surface area contributed by atoms with Crippen molar-refractivity contribution in [2.24, 2.45) is 5.84 Å². The van der Waals surface area contributed by atoms with Gasteiger partial charge in [0.2, 0.25) is 0 Å². The monoisotopic (exact) mass is 268 g/mol. The van der Waals surface area contributed by atoms with E-state index in [4.69, 9.17) is 5.84 Å². The molecule has 0 spiro atoms. The number of hydrogen-bond donors (Lipinski definition) is 1. The molecule has 0 aliphatic rings. The summed E-state index contributed by atoms with van der Waals surface area (Å²) in [6.07, 6.45) is 16.0. The van der Waals surface area contributed by atoms with Gasteiger partial charge in [0.05, 0.1) is 5.70 Å². The Bertz CT molecular complexity index is 505. The molecule has 0 aliphatic carbocycles. The summed E-state index contributed by atoms with van der Waals surface area (Å²) in [5, 5.41) is 1.03. The highest BCUT2D eigenvalue weighted by Crippen LogP contribution is 2.09. The van der Waals surface area contributed by atoms with Crippen LogP contribution in [0, 0.1) is 0 Å². The van der Waals surface area contributed by atoms with Crippen LogP contribution in [0.3, 0.4) is 0 Å². The van der Waals surface area contributed by atoms with Gasteiger partial charge >= 0.3 is 0 Å². The Balaban J connectivity index is 5.40. The fourth-order valence-corrected chi connectivity index (χ4v) is 1.26. The van der Waals surface area contributed by atoms with E-state index in [-0.39, 0.29) is 5.91 Å². The number of nitrogens with zero attached hydrogens (tertiary/aromatic N) is 1. The highest BCUT2D eigenvalue weighted by Gasteiger charge is 2.14. The third kappa shape index (κ3) is 5.80. The maximum Gasteiger partial charge on any atom is 0.272 e. The molecule has 1 amide bonds. The van der Waals surface area contributed by atoms with Crippen LogP contribution >= 0.6 is 0 Å². The molecule has 0 heterocycles. The van der Waals surface area contributed by atoms with Crippen molar-refractivity contribution in [2.45, 2.75) is 0 Å². The van der Waals surface area contributed by atoms with Crippen molar-refractivity contribution in [3.05, 3.63) is 98.3 Å². The number of carbonyl (C=O) groups excluding carboxylic acids is 1. The lowest BCUT2D eigenvalue weighted by Gasteiger charge is -2.18. The Morgan fingerprint density at radius 3 is 1.90 bits per heavy atom. The third-order valence-corrected chi connectivity index (χ3v) is 2.14. The Labute approximate surface area is 120 Å². The molecule has 104 valence electrons. The molecule has 0 atom stereocenters. The van der Waals surface area contributed by atoms with Gasteiger partial charge in [-0.05, 0) is 24.3 Å². The average molecular weight is 268 g/mol. The van der Waals surface area contributed by atoms with Gasteiger partial charge in [-0.3, -0.25) is 4.79 Å². The molecule has 0 bridgehead atoms. The largest absolute Gasteiger partial charge is 0.272 e. The molecule has 0 saturated carbocycles. The normalized spacial score (nSPS) is 12.4. The van der Waals surface area contributed by atoms with Crippen LogP contribution in [0.4, 0.5) is 0 Å². The second kappa shape index (κ2) is 10.3. The number of hydrazine groups is 1. The first kappa shape index (κ1) is 17.4. The van der Waals surface area contributed by atoms with E-state index in [9.17, 15) is 4.79 Å². The summed E-state index contributed by atoms with van der Waals surface area (Å²) in [5.74, 6) is 5.47. The summed E-state index contributed by atoms with van der Waals surface area (Å²) >= 11 is 0. The molecule has 0 unspecified atom stereocenters. The van der Waals surface area contributed by atoms with Crippen LogP contribution in [0.25, 0.3) is 0 Å². The molecule has 2 N–H and O–H groups in total. The fraction of sp³-hybridized carbons (Fsp3) is 0. The van der Waals surface area contributed by atoms with Gasteiger partial charge in [0.15, 0.2) is 0 Å². The summed E-state index contributed by atoms with van der Waals surface area (Å²) in [5.41, 5.74) is 0.885. The molecule has 0 aromatic rings. The van der Waals surface area contributed by atoms with Crippen molar-refractivity contribution in [3.63, 3.8) is 0 Å². The average Bonchev–Trinajstić information content (AvgIpc) is 2.46. The number of rotatable bonds is 8. The van der Waals surface area contributed by atoms with Crippen LogP contribution in [-0.4, -0.2) is 10.9 Å². The predicted octanol–water partition coefficient (Wildman–Crippen LogP) is 3.36. The quantitative estimate of drug-likeness (QED) is 0.241. The number of hydrogen-bond acceptors (Lipinski definition) is 2. The molecule has 0 aromatic heterocycles. The second-order valence-electron chi connectivity index (χ2n) is 3.55. The van der Waals surface area contributed by atoms with E-state index >= 15 is 0 Å². The summed E-state index contributed by atoms with van der Waals surface area (Å²) in [6, 6.07) is 0. The fourth-order valence-electron chi connectivity index (χ4n) is 1.26. The molecule has 3 heteroatoms. The summed E-state index contributed by atoms with van der Waals surface area (Å²) in [4.78, 5) is 12.3. The van der Waals surface area contributed by atoms with Gasteiger partial charge < -0.3 is 0 Å². The van der Waals surface area contributed by atoms with Crippen LogP contribution < -0.4 is 5.84 Å². The van der Waals surface area contributed by atoms with Gasteiger partial charge in [-0.2, -0.15) is 0 Å². The smallest absolute Gasteiger partial charge is 0.267 e. The zero-order chi connectivity index (χ0) is 15.4. The van der Waals surface area contributed by atoms with Crippen LogP contribution in [0.5, 0.6) is 0 Å². The third-order valence-electron chi connectivity index (χ3n) is 2.14. The van der Waals surface area contributed by atoms with E-state index in [1.807, 2.05) is 0 Å². The summed E-state index contributed by atoms with van der Waals surface area (Å²) in [7, 11) is 0. The molecule has 3 nitrogen and oxygen atoms in total. The molecule has 0 radical (unpaired) electrons. The number of carbonyl (C=O) groups is 1.